The Morgan fingerprint density at radius 1 is 1.06 bits per heavy atom. The Hall–Kier alpha value is -3.62. The highest BCUT2D eigenvalue weighted by Gasteiger charge is 2.28. The molecule has 1 saturated heterocycles. The van der Waals surface area contributed by atoms with E-state index < -0.39 is 0 Å². The Morgan fingerprint density at radius 2 is 1.87 bits per heavy atom. The van der Waals surface area contributed by atoms with Crippen LogP contribution >= 0.6 is 0 Å². The minimum Gasteiger partial charge on any atom is -0.497 e. The fraction of sp³-hybridized carbons (Fsp3) is 0.364. The number of carbonyl (C=O) groups excluding carboxylic acids is 1. The molecule has 9 nitrogen and oxygen atoms in total. The third kappa shape index (κ3) is 4.60. The quantitative estimate of drug-likeness (QED) is 0.602. The molecule has 1 unspecified atom stereocenters. The van der Waals surface area contributed by atoms with E-state index in [4.69, 9.17) is 14.2 Å². The Labute approximate surface area is 180 Å². The zero-order valence-corrected chi connectivity index (χ0v) is 17.8. The van der Waals surface area contributed by atoms with Crippen molar-refractivity contribution in [3.63, 3.8) is 0 Å². The molecule has 1 fully saturated rings. The fourth-order valence-electron chi connectivity index (χ4n) is 3.62. The van der Waals surface area contributed by atoms with Gasteiger partial charge in [-0.3, -0.25) is 9.48 Å². The second-order valence-electron chi connectivity index (χ2n) is 7.32. The van der Waals surface area contributed by atoms with E-state index in [0.29, 0.717) is 30.5 Å². The second-order valence-corrected chi connectivity index (χ2v) is 7.32. The van der Waals surface area contributed by atoms with Gasteiger partial charge in [0.15, 0.2) is 0 Å². The Bertz CT molecular complexity index is 1050. The zero-order valence-electron chi connectivity index (χ0n) is 17.8. The molecule has 0 N–H and O–H groups in total. The van der Waals surface area contributed by atoms with E-state index in [9.17, 15) is 4.79 Å². The summed E-state index contributed by atoms with van der Waals surface area (Å²) in [6.45, 7) is 1.15. The molecular formula is C22H25N5O4. The highest BCUT2D eigenvalue weighted by Crippen LogP contribution is 2.25. The van der Waals surface area contributed by atoms with Gasteiger partial charge in [0.05, 0.1) is 26.5 Å². The fourth-order valence-corrected chi connectivity index (χ4v) is 3.62. The molecular weight excluding hydrogens is 398 g/mol. The van der Waals surface area contributed by atoms with Crippen LogP contribution in [0.1, 0.15) is 23.3 Å². The maximum atomic E-state index is 13.2. The number of carbonyl (C=O) groups is 1. The van der Waals surface area contributed by atoms with Crippen molar-refractivity contribution in [2.75, 3.05) is 27.3 Å². The van der Waals surface area contributed by atoms with Crippen molar-refractivity contribution in [3.05, 3.63) is 48.2 Å². The molecule has 3 aromatic rings. The Balaban J connectivity index is 1.46. The van der Waals surface area contributed by atoms with Gasteiger partial charge in [-0.2, -0.15) is 5.10 Å². The van der Waals surface area contributed by atoms with Gasteiger partial charge in [0, 0.05) is 31.3 Å². The first-order chi connectivity index (χ1) is 15.1. The van der Waals surface area contributed by atoms with Gasteiger partial charge in [0.1, 0.15) is 17.5 Å². The number of amides is 1. The Morgan fingerprint density at radius 3 is 2.61 bits per heavy atom. The van der Waals surface area contributed by atoms with Gasteiger partial charge >= 0.3 is 0 Å². The van der Waals surface area contributed by atoms with E-state index in [1.54, 1.807) is 35.9 Å². The monoisotopic (exact) mass is 423 g/mol. The van der Waals surface area contributed by atoms with Gasteiger partial charge in [0.2, 0.25) is 11.8 Å². The average molecular weight is 423 g/mol. The summed E-state index contributed by atoms with van der Waals surface area (Å²) < 4.78 is 17.9. The summed E-state index contributed by atoms with van der Waals surface area (Å²) in [5.41, 5.74) is 2.15. The van der Waals surface area contributed by atoms with Crippen molar-refractivity contribution in [1.82, 2.24) is 24.9 Å². The van der Waals surface area contributed by atoms with Crippen molar-refractivity contribution in [1.29, 1.82) is 0 Å². The molecule has 0 bridgehead atoms. The lowest BCUT2D eigenvalue weighted by Gasteiger charge is -2.32. The summed E-state index contributed by atoms with van der Waals surface area (Å²) in [6.07, 6.45) is 1.55. The molecule has 0 aliphatic carbocycles. The van der Waals surface area contributed by atoms with Crippen LogP contribution < -0.4 is 14.2 Å². The summed E-state index contributed by atoms with van der Waals surface area (Å²) in [5, 5.41) is 12.5. The molecule has 4 rings (SSSR count). The van der Waals surface area contributed by atoms with E-state index in [1.165, 1.54) is 7.11 Å². The van der Waals surface area contributed by atoms with Gasteiger partial charge < -0.3 is 19.1 Å². The normalized spacial score (nSPS) is 16.1. The minimum absolute atomic E-state index is 0.0711. The maximum Gasteiger partial charge on any atom is 0.272 e. The van der Waals surface area contributed by atoms with Crippen LogP contribution in [0, 0.1) is 0 Å². The van der Waals surface area contributed by atoms with Gasteiger partial charge in [-0.1, -0.05) is 12.1 Å². The summed E-state index contributed by atoms with van der Waals surface area (Å²) >= 11 is 0. The van der Waals surface area contributed by atoms with Crippen molar-refractivity contribution in [2.45, 2.75) is 18.9 Å². The number of nitrogens with zero attached hydrogens (tertiary/aromatic N) is 5. The SMILES string of the molecule is COc1cccc(-c2cc(C(=O)N3CCCC(Oc4ccc(OC)nn4)C3)n(C)n2)c1. The van der Waals surface area contributed by atoms with Crippen molar-refractivity contribution < 1.29 is 19.0 Å². The molecule has 3 heterocycles. The third-order valence-electron chi connectivity index (χ3n) is 5.24. The standard InChI is InChI=1S/C22H25N5O4/c1-26-19(13-18(25-26)15-6-4-7-16(12-15)29-2)22(28)27-11-5-8-17(14-27)31-21-10-9-20(30-3)23-24-21/h4,6-7,9-10,12-13,17H,5,8,11,14H2,1-3H3. The molecule has 1 amide bonds. The molecule has 0 radical (unpaired) electrons. The molecule has 31 heavy (non-hydrogen) atoms. The zero-order chi connectivity index (χ0) is 21.8. The highest BCUT2D eigenvalue weighted by atomic mass is 16.5. The van der Waals surface area contributed by atoms with Gasteiger partial charge in [-0.25, -0.2) is 0 Å². The number of likely N-dealkylation sites (tertiary alicyclic amines) is 1. The first kappa shape index (κ1) is 20.6. The predicted octanol–water partition coefficient (Wildman–Crippen LogP) is 2.58. The molecule has 1 aliphatic rings. The second kappa shape index (κ2) is 9.03. The summed E-state index contributed by atoms with van der Waals surface area (Å²) in [7, 11) is 4.94. The largest absolute Gasteiger partial charge is 0.497 e. The molecule has 1 aromatic carbocycles. The van der Waals surface area contributed by atoms with Crippen molar-refractivity contribution in [2.24, 2.45) is 7.05 Å². The van der Waals surface area contributed by atoms with Crippen LogP contribution in [-0.2, 0) is 7.05 Å². The molecule has 162 valence electrons. The van der Waals surface area contributed by atoms with Gasteiger partial charge in [-0.15, -0.1) is 10.2 Å². The number of methoxy groups -OCH3 is 2. The van der Waals surface area contributed by atoms with Crippen molar-refractivity contribution >= 4 is 5.91 Å². The molecule has 2 aromatic heterocycles. The summed E-state index contributed by atoms with van der Waals surface area (Å²) in [5.74, 6) is 1.52. The lowest BCUT2D eigenvalue weighted by atomic mass is 10.1. The van der Waals surface area contributed by atoms with Crippen LogP contribution in [0.15, 0.2) is 42.5 Å². The molecule has 0 spiro atoms. The Kier molecular flexibility index (Phi) is 6.01. The number of aromatic nitrogens is 4. The number of benzene rings is 1. The molecule has 1 aliphatic heterocycles. The number of hydrogen-bond donors (Lipinski definition) is 0. The van der Waals surface area contributed by atoms with Crippen molar-refractivity contribution in [3.8, 4) is 28.8 Å². The topological polar surface area (TPSA) is 91.6 Å². The summed E-state index contributed by atoms with van der Waals surface area (Å²) in [6, 6.07) is 12.9. The average Bonchev–Trinajstić information content (AvgIpc) is 3.21. The number of ether oxygens (including phenoxy) is 3. The van der Waals surface area contributed by atoms with Crippen LogP contribution in [0.25, 0.3) is 11.3 Å². The van der Waals surface area contributed by atoms with E-state index >= 15 is 0 Å². The lowest BCUT2D eigenvalue weighted by molar-refractivity contribution is 0.0515. The maximum absolute atomic E-state index is 13.2. The number of aryl methyl sites for hydroxylation is 1. The lowest BCUT2D eigenvalue weighted by Crippen LogP contribution is -2.45. The first-order valence-corrected chi connectivity index (χ1v) is 10.1. The van der Waals surface area contributed by atoms with Gasteiger partial charge in [0.25, 0.3) is 5.91 Å². The van der Waals surface area contributed by atoms with Crippen LogP contribution in [0.2, 0.25) is 0 Å². The molecule has 0 saturated carbocycles. The van der Waals surface area contributed by atoms with Crippen LogP contribution in [0.4, 0.5) is 0 Å². The van der Waals surface area contributed by atoms with E-state index in [-0.39, 0.29) is 12.0 Å². The molecule has 9 heteroatoms. The van der Waals surface area contributed by atoms with Gasteiger partial charge in [-0.05, 0) is 31.0 Å². The smallest absolute Gasteiger partial charge is 0.272 e. The highest BCUT2D eigenvalue weighted by molar-refractivity contribution is 5.93. The van der Waals surface area contributed by atoms with Crippen LogP contribution in [-0.4, -0.2) is 64.2 Å². The number of rotatable bonds is 6. The summed E-state index contributed by atoms with van der Waals surface area (Å²) in [4.78, 5) is 15.0. The number of piperidine rings is 1. The predicted molar refractivity (Wildman–Crippen MR) is 113 cm³/mol. The first-order valence-electron chi connectivity index (χ1n) is 10.1. The van der Waals surface area contributed by atoms with Crippen LogP contribution in [0.3, 0.4) is 0 Å². The molecule has 1 atom stereocenters. The van der Waals surface area contributed by atoms with E-state index in [2.05, 4.69) is 15.3 Å². The van der Waals surface area contributed by atoms with E-state index in [1.807, 2.05) is 30.3 Å². The van der Waals surface area contributed by atoms with Crippen LogP contribution in [0.5, 0.6) is 17.5 Å². The third-order valence-corrected chi connectivity index (χ3v) is 5.24. The minimum atomic E-state index is -0.147. The number of hydrogen-bond acceptors (Lipinski definition) is 7. The van der Waals surface area contributed by atoms with E-state index in [0.717, 1.165) is 29.8 Å².